The fraction of sp³-hybridized carbons (Fsp3) is 0.583. The van der Waals surface area contributed by atoms with Gasteiger partial charge in [-0.25, -0.2) is 0 Å². The number of hydrogen-bond acceptors (Lipinski definition) is 3. The van der Waals surface area contributed by atoms with Crippen molar-refractivity contribution in [3.8, 4) is 0 Å². The van der Waals surface area contributed by atoms with Crippen LogP contribution in [0.1, 0.15) is 23.2 Å². The SMILES string of the molecule is Cc1cc(C)c(CC2NCCC2O)cn1. The monoisotopic (exact) mass is 206 g/mol. The summed E-state index contributed by atoms with van der Waals surface area (Å²) in [4.78, 5) is 4.30. The number of hydrogen-bond donors (Lipinski definition) is 2. The van der Waals surface area contributed by atoms with Crippen molar-refractivity contribution in [2.75, 3.05) is 6.54 Å². The predicted molar refractivity (Wildman–Crippen MR) is 59.8 cm³/mol. The lowest BCUT2D eigenvalue weighted by Crippen LogP contribution is -2.32. The molecule has 0 saturated carbocycles. The number of aliphatic hydroxyl groups is 1. The molecule has 15 heavy (non-hydrogen) atoms. The molecule has 0 radical (unpaired) electrons. The van der Waals surface area contributed by atoms with Crippen LogP contribution in [0.15, 0.2) is 12.3 Å². The maximum absolute atomic E-state index is 9.71. The van der Waals surface area contributed by atoms with Gasteiger partial charge < -0.3 is 10.4 Å². The minimum atomic E-state index is -0.203. The van der Waals surface area contributed by atoms with Crippen LogP contribution in [0.3, 0.4) is 0 Å². The number of pyridine rings is 1. The lowest BCUT2D eigenvalue weighted by molar-refractivity contribution is 0.159. The fourth-order valence-electron chi connectivity index (χ4n) is 2.14. The molecule has 2 unspecified atom stereocenters. The maximum Gasteiger partial charge on any atom is 0.0708 e. The van der Waals surface area contributed by atoms with Gasteiger partial charge in [0.05, 0.1) is 6.10 Å². The van der Waals surface area contributed by atoms with Gasteiger partial charge >= 0.3 is 0 Å². The zero-order chi connectivity index (χ0) is 10.8. The lowest BCUT2D eigenvalue weighted by Gasteiger charge is -2.16. The molecule has 0 bridgehead atoms. The summed E-state index contributed by atoms with van der Waals surface area (Å²) in [5, 5.41) is 13.0. The van der Waals surface area contributed by atoms with Gasteiger partial charge in [-0.05, 0) is 50.4 Å². The van der Waals surface area contributed by atoms with Crippen LogP contribution < -0.4 is 5.32 Å². The van der Waals surface area contributed by atoms with Gasteiger partial charge in [-0.2, -0.15) is 0 Å². The van der Waals surface area contributed by atoms with Gasteiger partial charge in [0.15, 0.2) is 0 Å². The second-order valence-corrected chi connectivity index (χ2v) is 4.37. The fourth-order valence-corrected chi connectivity index (χ4v) is 2.14. The van der Waals surface area contributed by atoms with Gasteiger partial charge in [0.1, 0.15) is 0 Å². The average molecular weight is 206 g/mol. The molecule has 1 aromatic heterocycles. The first-order valence-corrected chi connectivity index (χ1v) is 5.50. The molecule has 82 valence electrons. The maximum atomic E-state index is 9.71. The number of aromatic nitrogens is 1. The van der Waals surface area contributed by atoms with Crippen LogP contribution in [0, 0.1) is 13.8 Å². The first-order valence-electron chi connectivity index (χ1n) is 5.50. The smallest absolute Gasteiger partial charge is 0.0708 e. The first kappa shape index (κ1) is 10.6. The molecular weight excluding hydrogens is 188 g/mol. The number of nitrogens with zero attached hydrogens (tertiary/aromatic N) is 1. The van der Waals surface area contributed by atoms with Crippen LogP contribution >= 0.6 is 0 Å². The van der Waals surface area contributed by atoms with E-state index >= 15 is 0 Å². The Kier molecular flexibility index (Phi) is 3.03. The van der Waals surface area contributed by atoms with Crippen molar-refractivity contribution in [1.29, 1.82) is 0 Å². The molecule has 2 heterocycles. The van der Waals surface area contributed by atoms with Crippen molar-refractivity contribution in [2.45, 2.75) is 38.8 Å². The van der Waals surface area contributed by atoms with E-state index in [9.17, 15) is 5.11 Å². The van der Waals surface area contributed by atoms with Crippen molar-refractivity contribution in [3.63, 3.8) is 0 Å². The van der Waals surface area contributed by atoms with Gasteiger partial charge in [0, 0.05) is 17.9 Å². The van der Waals surface area contributed by atoms with E-state index in [0.29, 0.717) is 0 Å². The molecular formula is C12H18N2O. The van der Waals surface area contributed by atoms with Gasteiger partial charge in [-0.3, -0.25) is 4.98 Å². The summed E-state index contributed by atoms with van der Waals surface area (Å²) >= 11 is 0. The second kappa shape index (κ2) is 4.29. The number of rotatable bonds is 2. The van der Waals surface area contributed by atoms with Gasteiger partial charge in [0.25, 0.3) is 0 Å². The molecule has 0 spiro atoms. The number of nitrogens with one attached hydrogen (secondary N) is 1. The topological polar surface area (TPSA) is 45.1 Å². The van der Waals surface area contributed by atoms with E-state index in [0.717, 1.165) is 25.1 Å². The Morgan fingerprint density at radius 2 is 2.33 bits per heavy atom. The Bertz CT molecular complexity index is 351. The van der Waals surface area contributed by atoms with E-state index in [1.807, 2.05) is 13.1 Å². The van der Waals surface area contributed by atoms with Crippen LogP contribution in [0.4, 0.5) is 0 Å². The van der Waals surface area contributed by atoms with Crippen LogP contribution in [0.5, 0.6) is 0 Å². The third-order valence-corrected chi connectivity index (χ3v) is 3.11. The highest BCUT2D eigenvalue weighted by Crippen LogP contribution is 2.15. The molecule has 2 N–H and O–H groups in total. The molecule has 0 aliphatic carbocycles. The largest absolute Gasteiger partial charge is 0.391 e. The molecule has 2 atom stereocenters. The Morgan fingerprint density at radius 3 is 2.93 bits per heavy atom. The minimum absolute atomic E-state index is 0.202. The molecule has 0 aromatic carbocycles. The highest BCUT2D eigenvalue weighted by molar-refractivity contribution is 5.26. The Balaban J connectivity index is 2.10. The van der Waals surface area contributed by atoms with Crippen LogP contribution in [-0.2, 0) is 6.42 Å². The molecule has 2 rings (SSSR count). The number of aryl methyl sites for hydroxylation is 2. The molecule has 3 heteroatoms. The zero-order valence-electron chi connectivity index (χ0n) is 9.33. The van der Waals surface area contributed by atoms with Crippen molar-refractivity contribution in [1.82, 2.24) is 10.3 Å². The van der Waals surface area contributed by atoms with Crippen molar-refractivity contribution >= 4 is 0 Å². The number of aliphatic hydroxyl groups excluding tert-OH is 1. The van der Waals surface area contributed by atoms with E-state index in [4.69, 9.17) is 0 Å². The Hall–Kier alpha value is -0.930. The molecule has 1 saturated heterocycles. The summed E-state index contributed by atoms with van der Waals surface area (Å²) in [5.74, 6) is 0. The second-order valence-electron chi connectivity index (χ2n) is 4.37. The molecule has 1 aliphatic rings. The van der Waals surface area contributed by atoms with E-state index in [1.165, 1.54) is 11.1 Å². The van der Waals surface area contributed by atoms with Crippen molar-refractivity contribution in [2.24, 2.45) is 0 Å². The molecule has 1 fully saturated rings. The van der Waals surface area contributed by atoms with Gasteiger partial charge in [-0.1, -0.05) is 0 Å². The highest BCUT2D eigenvalue weighted by atomic mass is 16.3. The normalized spacial score (nSPS) is 25.8. The molecule has 3 nitrogen and oxygen atoms in total. The minimum Gasteiger partial charge on any atom is -0.391 e. The summed E-state index contributed by atoms with van der Waals surface area (Å²) in [6.45, 7) is 5.02. The van der Waals surface area contributed by atoms with Crippen LogP contribution in [0.25, 0.3) is 0 Å². The third kappa shape index (κ3) is 2.36. The van der Waals surface area contributed by atoms with Crippen molar-refractivity contribution < 1.29 is 5.11 Å². The zero-order valence-corrected chi connectivity index (χ0v) is 9.33. The highest BCUT2D eigenvalue weighted by Gasteiger charge is 2.24. The third-order valence-electron chi connectivity index (χ3n) is 3.11. The first-order chi connectivity index (χ1) is 7.16. The van der Waals surface area contributed by atoms with Crippen LogP contribution in [-0.4, -0.2) is 28.8 Å². The standard InChI is InChI=1S/C12H18N2O/c1-8-5-9(2)14-7-10(8)6-11-12(15)3-4-13-11/h5,7,11-13,15H,3-4,6H2,1-2H3. The van der Waals surface area contributed by atoms with Gasteiger partial charge in [0.2, 0.25) is 0 Å². The van der Waals surface area contributed by atoms with Crippen molar-refractivity contribution in [3.05, 3.63) is 29.1 Å². The summed E-state index contributed by atoms with van der Waals surface area (Å²) < 4.78 is 0. The molecule has 1 aliphatic heterocycles. The Morgan fingerprint density at radius 1 is 1.53 bits per heavy atom. The Labute approximate surface area is 90.5 Å². The van der Waals surface area contributed by atoms with E-state index in [2.05, 4.69) is 23.3 Å². The predicted octanol–water partition coefficient (Wildman–Crippen LogP) is 0.964. The summed E-state index contributed by atoms with van der Waals surface area (Å²) in [5.41, 5.74) is 3.55. The molecule has 0 amide bonds. The van der Waals surface area contributed by atoms with E-state index in [1.54, 1.807) is 0 Å². The van der Waals surface area contributed by atoms with E-state index in [-0.39, 0.29) is 12.1 Å². The summed E-state index contributed by atoms with van der Waals surface area (Å²) in [6, 6.07) is 2.30. The summed E-state index contributed by atoms with van der Waals surface area (Å²) in [6.07, 6.45) is 3.46. The van der Waals surface area contributed by atoms with E-state index < -0.39 is 0 Å². The summed E-state index contributed by atoms with van der Waals surface area (Å²) in [7, 11) is 0. The van der Waals surface area contributed by atoms with Gasteiger partial charge in [-0.15, -0.1) is 0 Å². The molecule has 1 aromatic rings. The van der Waals surface area contributed by atoms with Crippen LogP contribution in [0.2, 0.25) is 0 Å². The quantitative estimate of drug-likeness (QED) is 0.757. The average Bonchev–Trinajstić information content (AvgIpc) is 2.57. The lowest BCUT2D eigenvalue weighted by atomic mass is 10.0.